The first-order chi connectivity index (χ1) is 8.88. The number of rotatable bonds is 3. The van der Waals surface area contributed by atoms with Gasteiger partial charge in [0, 0.05) is 21.0 Å². The molecule has 100 valence electrons. The summed E-state index contributed by atoms with van der Waals surface area (Å²) in [6.07, 6.45) is 0. The van der Waals surface area contributed by atoms with E-state index >= 15 is 0 Å². The number of oxime groups is 1. The molecule has 0 saturated heterocycles. The normalized spacial score (nSPS) is 12.7. The zero-order chi connectivity index (χ0) is 14.0. The minimum absolute atomic E-state index is 0.0626. The van der Waals surface area contributed by atoms with Crippen LogP contribution >= 0.6 is 11.3 Å². The van der Waals surface area contributed by atoms with Crippen molar-refractivity contribution < 1.29 is 14.7 Å². The van der Waals surface area contributed by atoms with Crippen molar-refractivity contribution in [3.05, 3.63) is 35.2 Å². The largest absolute Gasteiger partial charge is 0.476 e. The van der Waals surface area contributed by atoms with Gasteiger partial charge in [0.15, 0.2) is 5.71 Å². The number of nitrogens with zero attached hydrogens (tertiary/aromatic N) is 1. The van der Waals surface area contributed by atoms with Crippen molar-refractivity contribution in [3.63, 3.8) is 0 Å². The zero-order valence-corrected chi connectivity index (χ0v) is 11.8. The first kappa shape index (κ1) is 13.5. The monoisotopic (exact) mass is 277 g/mol. The van der Waals surface area contributed by atoms with E-state index in [0.717, 1.165) is 10.1 Å². The summed E-state index contributed by atoms with van der Waals surface area (Å²) in [5, 5.41) is 15.8. The Morgan fingerprint density at radius 1 is 1.32 bits per heavy atom. The van der Waals surface area contributed by atoms with Gasteiger partial charge in [0.1, 0.15) is 5.60 Å². The molecule has 0 fully saturated rings. The smallest absolute Gasteiger partial charge is 0.358 e. The number of carboxylic acid groups (broad SMARTS) is 1. The molecule has 0 unspecified atom stereocenters. The van der Waals surface area contributed by atoms with E-state index < -0.39 is 11.6 Å². The predicted molar refractivity (Wildman–Crippen MR) is 76.8 cm³/mol. The third-order valence-electron chi connectivity index (χ3n) is 2.35. The molecular weight excluding hydrogens is 262 g/mol. The highest BCUT2D eigenvalue weighted by atomic mass is 32.1. The third kappa shape index (κ3) is 3.12. The fourth-order valence-electron chi connectivity index (χ4n) is 1.55. The van der Waals surface area contributed by atoms with E-state index in [4.69, 9.17) is 4.84 Å². The number of benzene rings is 1. The van der Waals surface area contributed by atoms with Crippen molar-refractivity contribution in [2.45, 2.75) is 26.4 Å². The quantitative estimate of drug-likeness (QED) is 0.690. The molecule has 5 heteroatoms. The van der Waals surface area contributed by atoms with E-state index in [2.05, 4.69) is 5.16 Å². The first-order valence-electron chi connectivity index (χ1n) is 5.84. The topological polar surface area (TPSA) is 58.9 Å². The number of hydrogen-bond acceptors (Lipinski definition) is 4. The van der Waals surface area contributed by atoms with Crippen LogP contribution in [0.3, 0.4) is 0 Å². The van der Waals surface area contributed by atoms with Crippen molar-refractivity contribution >= 4 is 33.1 Å². The summed E-state index contributed by atoms with van der Waals surface area (Å²) in [6.45, 7) is 5.46. The predicted octanol–water partition coefficient (Wildman–Crippen LogP) is 3.51. The van der Waals surface area contributed by atoms with E-state index in [-0.39, 0.29) is 5.71 Å². The van der Waals surface area contributed by atoms with Gasteiger partial charge in [-0.3, -0.25) is 0 Å². The summed E-state index contributed by atoms with van der Waals surface area (Å²) >= 11 is 1.49. The van der Waals surface area contributed by atoms with Crippen molar-refractivity contribution in [2.75, 3.05) is 0 Å². The molecule has 1 aromatic carbocycles. The molecule has 0 atom stereocenters. The van der Waals surface area contributed by atoms with Gasteiger partial charge in [0.2, 0.25) is 0 Å². The van der Waals surface area contributed by atoms with Crippen molar-refractivity contribution in [2.24, 2.45) is 5.16 Å². The Bertz CT molecular complexity index is 637. The molecule has 0 aliphatic rings. The summed E-state index contributed by atoms with van der Waals surface area (Å²) in [4.78, 5) is 16.6. The average Bonchev–Trinajstić information content (AvgIpc) is 2.72. The van der Waals surface area contributed by atoms with E-state index in [1.165, 1.54) is 11.3 Å². The van der Waals surface area contributed by atoms with Crippen molar-refractivity contribution in [1.29, 1.82) is 0 Å². The lowest BCUT2D eigenvalue weighted by Gasteiger charge is -2.15. The maximum atomic E-state index is 11.4. The number of carboxylic acids is 1. The van der Waals surface area contributed by atoms with Crippen LogP contribution in [0.15, 0.2) is 34.8 Å². The molecule has 0 aliphatic carbocycles. The maximum Gasteiger partial charge on any atom is 0.358 e. The molecule has 19 heavy (non-hydrogen) atoms. The van der Waals surface area contributed by atoms with Crippen LogP contribution in [0.1, 0.15) is 26.3 Å². The summed E-state index contributed by atoms with van der Waals surface area (Å²) in [5.41, 5.74) is 0.0108. The van der Waals surface area contributed by atoms with E-state index in [9.17, 15) is 9.90 Å². The molecule has 4 nitrogen and oxygen atoms in total. The highest BCUT2D eigenvalue weighted by Gasteiger charge is 2.20. The lowest BCUT2D eigenvalue weighted by atomic mass is 10.1. The molecule has 2 rings (SSSR count). The van der Waals surface area contributed by atoms with Gasteiger partial charge in [0.25, 0.3) is 0 Å². The van der Waals surface area contributed by atoms with Crippen LogP contribution in [-0.4, -0.2) is 22.4 Å². The molecule has 0 bridgehead atoms. The Kier molecular flexibility index (Phi) is 3.57. The lowest BCUT2D eigenvalue weighted by Crippen LogP contribution is -2.20. The lowest BCUT2D eigenvalue weighted by molar-refractivity contribution is -0.129. The molecule has 0 amide bonds. The van der Waals surface area contributed by atoms with E-state index in [1.54, 1.807) is 5.38 Å². The van der Waals surface area contributed by atoms with Gasteiger partial charge in [-0.15, -0.1) is 11.3 Å². The molecular formula is C14H15NO3S. The molecule has 0 radical (unpaired) electrons. The van der Waals surface area contributed by atoms with Crippen LogP contribution in [0.2, 0.25) is 0 Å². The second-order valence-electron chi connectivity index (χ2n) is 5.09. The van der Waals surface area contributed by atoms with Gasteiger partial charge in [0.05, 0.1) is 0 Å². The van der Waals surface area contributed by atoms with Crippen LogP contribution < -0.4 is 0 Å². The second-order valence-corrected chi connectivity index (χ2v) is 6.01. The van der Waals surface area contributed by atoms with Crippen molar-refractivity contribution in [1.82, 2.24) is 0 Å². The molecule has 0 saturated carbocycles. The third-order valence-corrected chi connectivity index (χ3v) is 3.31. The number of carbonyl (C=O) groups is 1. The highest BCUT2D eigenvalue weighted by molar-refractivity contribution is 7.17. The molecule has 0 spiro atoms. The fourth-order valence-corrected chi connectivity index (χ4v) is 2.49. The Morgan fingerprint density at radius 2 is 2.00 bits per heavy atom. The minimum Gasteiger partial charge on any atom is -0.476 e. The second kappa shape index (κ2) is 5.01. The van der Waals surface area contributed by atoms with Gasteiger partial charge in [-0.25, -0.2) is 4.79 Å². The van der Waals surface area contributed by atoms with Crippen LogP contribution in [0.4, 0.5) is 0 Å². The summed E-state index contributed by atoms with van der Waals surface area (Å²) < 4.78 is 1.03. The standard InChI is InChI=1S/C14H15NO3S/c1-14(2,3)18-15-12(13(16)17)10-8-19-11-7-5-4-6-9(10)11/h4-8H,1-3H3,(H,16,17)/b15-12-. The molecule has 1 aromatic heterocycles. The SMILES string of the molecule is CC(C)(C)O/N=C(\C(=O)O)c1csc2ccccc12. The van der Waals surface area contributed by atoms with Gasteiger partial charge in [-0.1, -0.05) is 23.4 Å². The van der Waals surface area contributed by atoms with Crippen LogP contribution in [0.5, 0.6) is 0 Å². The number of hydrogen-bond donors (Lipinski definition) is 1. The van der Waals surface area contributed by atoms with Gasteiger partial charge >= 0.3 is 5.97 Å². The molecule has 1 N–H and O–H groups in total. The van der Waals surface area contributed by atoms with Crippen LogP contribution in [0.25, 0.3) is 10.1 Å². The number of thiophene rings is 1. The van der Waals surface area contributed by atoms with Crippen LogP contribution in [0, 0.1) is 0 Å². The Morgan fingerprint density at radius 3 is 2.63 bits per heavy atom. The Balaban J connectivity index is 2.48. The molecule has 1 heterocycles. The van der Waals surface area contributed by atoms with Crippen LogP contribution in [-0.2, 0) is 9.63 Å². The maximum absolute atomic E-state index is 11.4. The van der Waals surface area contributed by atoms with Gasteiger partial charge in [-0.2, -0.15) is 0 Å². The summed E-state index contributed by atoms with van der Waals surface area (Å²) in [7, 11) is 0. The summed E-state index contributed by atoms with van der Waals surface area (Å²) in [5.74, 6) is -1.09. The van der Waals surface area contributed by atoms with E-state index in [1.807, 2.05) is 45.0 Å². The molecule has 2 aromatic rings. The minimum atomic E-state index is -1.09. The van der Waals surface area contributed by atoms with E-state index in [0.29, 0.717) is 5.56 Å². The highest BCUT2D eigenvalue weighted by Crippen LogP contribution is 2.26. The van der Waals surface area contributed by atoms with Crippen molar-refractivity contribution in [3.8, 4) is 0 Å². The Hall–Kier alpha value is -1.88. The van der Waals surface area contributed by atoms with Gasteiger partial charge < -0.3 is 9.94 Å². The number of fused-ring (bicyclic) bond motifs is 1. The van der Waals surface area contributed by atoms with Gasteiger partial charge in [-0.05, 0) is 26.8 Å². The zero-order valence-electron chi connectivity index (χ0n) is 11.0. The summed E-state index contributed by atoms with van der Waals surface area (Å²) in [6, 6.07) is 7.64. The number of aliphatic carboxylic acids is 1. The fraction of sp³-hybridized carbons (Fsp3) is 0.286. The average molecular weight is 277 g/mol. The Labute approximate surface area is 115 Å². The molecule has 0 aliphatic heterocycles. The first-order valence-corrected chi connectivity index (χ1v) is 6.72.